The van der Waals surface area contributed by atoms with Gasteiger partial charge in [-0.15, -0.1) is 0 Å². The minimum atomic E-state index is -1.12. The third-order valence-electron chi connectivity index (χ3n) is 3.73. The van der Waals surface area contributed by atoms with Crippen molar-refractivity contribution in [2.75, 3.05) is 13.7 Å². The Hall–Kier alpha value is -3.49. The van der Waals surface area contributed by atoms with Gasteiger partial charge < -0.3 is 25.2 Å². The van der Waals surface area contributed by atoms with E-state index in [1.54, 1.807) is 52.0 Å². The van der Waals surface area contributed by atoms with E-state index in [9.17, 15) is 14.4 Å². The molecule has 2 amide bonds. The molecule has 1 aromatic rings. The maximum atomic E-state index is 12.6. The van der Waals surface area contributed by atoms with Crippen molar-refractivity contribution in [3.8, 4) is 23.7 Å². The summed E-state index contributed by atoms with van der Waals surface area (Å²) < 4.78 is 9.93. The zero-order chi connectivity index (χ0) is 23.4. The van der Waals surface area contributed by atoms with Gasteiger partial charge in [-0.2, -0.15) is 0 Å². The maximum Gasteiger partial charge on any atom is 0.407 e. The number of esters is 1. The first kappa shape index (κ1) is 25.5. The highest BCUT2D eigenvalue weighted by molar-refractivity contribution is 5.97. The second-order valence-electron chi connectivity index (χ2n) is 7.51. The summed E-state index contributed by atoms with van der Waals surface area (Å²) in [5.41, 5.74) is 0.248. The van der Waals surface area contributed by atoms with Gasteiger partial charge in [-0.25, -0.2) is 9.59 Å². The molecule has 1 aromatic carbocycles. The van der Waals surface area contributed by atoms with E-state index in [1.165, 1.54) is 7.11 Å². The molecule has 0 aromatic heterocycles. The summed E-state index contributed by atoms with van der Waals surface area (Å²) >= 11 is 0. The number of amides is 2. The lowest BCUT2D eigenvalue weighted by atomic mass is 10.1. The van der Waals surface area contributed by atoms with E-state index in [1.807, 2.05) is 0 Å². The predicted molar refractivity (Wildman–Crippen MR) is 115 cm³/mol. The van der Waals surface area contributed by atoms with Crippen molar-refractivity contribution in [3.05, 3.63) is 35.4 Å². The number of hydrogen-bond acceptors (Lipinski definition) is 6. The number of alkyl carbamates (subject to hydrolysis) is 1. The molecule has 166 valence electrons. The molecule has 0 heterocycles. The van der Waals surface area contributed by atoms with E-state index in [4.69, 9.17) is 14.6 Å². The van der Waals surface area contributed by atoms with Gasteiger partial charge >= 0.3 is 12.1 Å². The minimum absolute atomic E-state index is 0.0169. The van der Waals surface area contributed by atoms with Crippen LogP contribution >= 0.6 is 0 Å². The zero-order valence-electron chi connectivity index (χ0n) is 18.4. The zero-order valence-corrected chi connectivity index (χ0v) is 18.4. The Morgan fingerprint density at radius 1 is 1.10 bits per heavy atom. The van der Waals surface area contributed by atoms with Crippen LogP contribution in [-0.4, -0.2) is 54.5 Å². The summed E-state index contributed by atoms with van der Waals surface area (Å²) in [6, 6.07) is 4.50. The second-order valence-corrected chi connectivity index (χ2v) is 7.51. The van der Waals surface area contributed by atoms with Crippen LogP contribution < -0.4 is 10.6 Å². The number of rotatable bonds is 6. The molecule has 0 fully saturated rings. The number of aliphatic hydroxyl groups excluding tert-OH is 1. The van der Waals surface area contributed by atoms with Crippen molar-refractivity contribution < 1.29 is 29.0 Å². The monoisotopic (exact) mass is 428 g/mol. The number of methoxy groups -OCH3 is 1. The SMILES string of the molecule is COC(=O)[C@@H](NC(=O)c1ccc(C#CC#CCCO)cc1)[C@@H](C)NC(=O)OC(C)(C)C. The highest BCUT2D eigenvalue weighted by Gasteiger charge is 2.30. The van der Waals surface area contributed by atoms with E-state index in [2.05, 4.69) is 34.3 Å². The number of aliphatic hydroxyl groups is 1. The molecule has 0 saturated heterocycles. The molecule has 0 saturated carbocycles. The Balaban J connectivity index is 2.84. The van der Waals surface area contributed by atoms with E-state index >= 15 is 0 Å². The molecular weight excluding hydrogens is 400 g/mol. The summed E-state index contributed by atoms with van der Waals surface area (Å²) in [7, 11) is 1.19. The highest BCUT2D eigenvalue weighted by Crippen LogP contribution is 2.09. The first-order chi connectivity index (χ1) is 14.6. The number of ether oxygens (including phenoxy) is 2. The van der Waals surface area contributed by atoms with Gasteiger partial charge in [-0.05, 0) is 63.8 Å². The molecule has 0 unspecified atom stereocenters. The minimum Gasteiger partial charge on any atom is -0.467 e. The first-order valence-electron chi connectivity index (χ1n) is 9.65. The van der Waals surface area contributed by atoms with Crippen LogP contribution in [0.25, 0.3) is 0 Å². The fourth-order valence-electron chi connectivity index (χ4n) is 2.29. The van der Waals surface area contributed by atoms with Gasteiger partial charge in [0.15, 0.2) is 0 Å². The first-order valence-corrected chi connectivity index (χ1v) is 9.65. The van der Waals surface area contributed by atoms with Crippen LogP contribution in [0.3, 0.4) is 0 Å². The lowest BCUT2D eigenvalue weighted by Gasteiger charge is -2.26. The summed E-state index contributed by atoms with van der Waals surface area (Å²) in [6.45, 7) is 6.69. The van der Waals surface area contributed by atoms with E-state index < -0.39 is 35.7 Å². The molecule has 2 atom stereocenters. The second kappa shape index (κ2) is 12.3. The molecular formula is C23H28N2O6. The molecule has 31 heavy (non-hydrogen) atoms. The average molecular weight is 428 g/mol. The standard InChI is InChI=1S/C23H28N2O6/c1-16(24-22(29)31-23(2,3)4)19(21(28)30-5)25-20(27)18-13-11-17(12-14-18)10-8-6-7-9-15-26/h11-14,16,19,26H,9,15H2,1-5H3,(H,24,29)(H,25,27)/t16-,19+/m1/s1. The third kappa shape index (κ3) is 9.70. The molecule has 0 aliphatic rings. The maximum absolute atomic E-state index is 12.6. The number of carbonyl (C=O) groups is 3. The molecule has 0 bridgehead atoms. The number of carbonyl (C=O) groups excluding carboxylic acids is 3. The van der Waals surface area contributed by atoms with Crippen LogP contribution in [0.1, 0.15) is 50.0 Å². The third-order valence-corrected chi connectivity index (χ3v) is 3.73. The van der Waals surface area contributed by atoms with Gasteiger partial charge in [-0.3, -0.25) is 4.79 Å². The Morgan fingerprint density at radius 3 is 2.29 bits per heavy atom. The summed E-state index contributed by atoms with van der Waals surface area (Å²) in [4.78, 5) is 36.7. The Labute approximate surface area is 182 Å². The van der Waals surface area contributed by atoms with Crippen LogP contribution in [0.15, 0.2) is 24.3 Å². The molecule has 3 N–H and O–H groups in total. The van der Waals surface area contributed by atoms with Gasteiger partial charge in [-0.1, -0.05) is 11.8 Å². The normalized spacial score (nSPS) is 12.1. The number of benzene rings is 1. The smallest absolute Gasteiger partial charge is 0.407 e. The van der Waals surface area contributed by atoms with Crippen LogP contribution in [0.2, 0.25) is 0 Å². The Kier molecular flexibility index (Phi) is 10.1. The molecule has 0 spiro atoms. The van der Waals surface area contributed by atoms with Crippen molar-refractivity contribution in [2.45, 2.75) is 51.8 Å². The van der Waals surface area contributed by atoms with Crippen molar-refractivity contribution in [1.29, 1.82) is 0 Å². The van der Waals surface area contributed by atoms with Crippen molar-refractivity contribution in [3.63, 3.8) is 0 Å². The van der Waals surface area contributed by atoms with Crippen LogP contribution in [-0.2, 0) is 14.3 Å². The molecule has 8 nitrogen and oxygen atoms in total. The summed E-state index contributed by atoms with van der Waals surface area (Å²) in [5, 5.41) is 13.8. The summed E-state index contributed by atoms with van der Waals surface area (Å²) in [6.07, 6.45) is -0.357. The van der Waals surface area contributed by atoms with Crippen molar-refractivity contribution >= 4 is 18.0 Å². The lowest BCUT2D eigenvalue weighted by Crippen LogP contribution is -2.55. The number of nitrogens with one attached hydrogen (secondary N) is 2. The highest BCUT2D eigenvalue weighted by atomic mass is 16.6. The number of hydrogen-bond donors (Lipinski definition) is 3. The predicted octanol–water partition coefficient (Wildman–Crippen LogP) is 1.61. The van der Waals surface area contributed by atoms with Gasteiger partial charge in [0.1, 0.15) is 11.6 Å². The summed E-state index contributed by atoms with van der Waals surface area (Å²) in [5.74, 6) is 9.55. The lowest BCUT2D eigenvalue weighted by molar-refractivity contribution is -0.143. The fourth-order valence-corrected chi connectivity index (χ4v) is 2.29. The van der Waals surface area contributed by atoms with Crippen LogP contribution in [0, 0.1) is 23.7 Å². The largest absolute Gasteiger partial charge is 0.467 e. The molecule has 0 radical (unpaired) electrons. The quantitative estimate of drug-likeness (QED) is 0.469. The molecule has 1 rings (SSSR count). The van der Waals surface area contributed by atoms with E-state index in [0.717, 1.165) is 0 Å². The van der Waals surface area contributed by atoms with Crippen molar-refractivity contribution in [1.82, 2.24) is 10.6 Å². The van der Waals surface area contributed by atoms with E-state index in [0.29, 0.717) is 17.5 Å². The Bertz CT molecular complexity index is 894. The van der Waals surface area contributed by atoms with Gasteiger partial charge in [0.05, 0.1) is 19.8 Å². The van der Waals surface area contributed by atoms with Crippen LogP contribution in [0.4, 0.5) is 4.79 Å². The van der Waals surface area contributed by atoms with Crippen molar-refractivity contribution in [2.24, 2.45) is 0 Å². The Morgan fingerprint density at radius 2 is 1.74 bits per heavy atom. The molecule has 0 aliphatic carbocycles. The van der Waals surface area contributed by atoms with Crippen LogP contribution in [0.5, 0.6) is 0 Å². The van der Waals surface area contributed by atoms with Gasteiger partial charge in [0, 0.05) is 17.5 Å². The van der Waals surface area contributed by atoms with Gasteiger partial charge in [0.25, 0.3) is 5.91 Å². The molecule has 8 heteroatoms. The molecule has 0 aliphatic heterocycles. The van der Waals surface area contributed by atoms with E-state index in [-0.39, 0.29) is 6.61 Å². The fraction of sp³-hybridized carbons (Fsp3) is 0.435. The topological polar surface area (TPSA) is 114 Å². The average Bonchev–Trinajstić information content (AvgIpc) is 2.70. The van der Waals surface area contributed by atoms with Gasteiger partial charge in [0.2, 0.25) is 0 Å².